The van der Waals surface area contributed by atoms with E-state index in [0.29, 0.717) is 5.56 Å². The molecule has 1 aliphatic rings. The number of carboxylic acids is 1. The molecule has 1 aromatic heterocycles. The highest BCUT2D eigenvalue weighted by molar-refractivity contribution is 5.86. The van der Waals surface area contributed by atoms with Gasteiger partial charge < -0.3 is 20.2 Å². The first-order valence-corrected chi connectivity index (χ1v) is 8.17. The van der Waals surface area contributed by atoms with Gasteiger partial charge in [0.1, 0.15) is 6.04 Å². The number of benzene rings is 2. The number of aliphatic carboxylic acids is 1. The molecule has 0 fully saturated rings. The van der Waals surface area contributed by atoms with Crippen LogP contribution in [0.1, 0.15) is 28.4 Å². The van der Waals surface area contributed by atoms with Crippen molar-refractivity contribution in [3.05, 3.63) is 70.9 Å². The number of aromatic nitrogens is 1. The predicted octanol–water partition coefficient (Wildman–Crippen LogP) is 1.51. The summed E-state index contributed by atoms with van der Waals surface area (Å²) in [4.78, 5) is 14.7. The van der Waals surface area contributed by atoms with Crippen molar-refractivity contribution in [1.29, 1.82) is 0 Å². The van der Waals surface area contributed by atoms with Crippen LogP contribution in [0.2, 0.25) is 0 Å². The first-order chi connectivity index (χ1) is 12.3. The van der Waals surface area contributed by atoms with Gasteiger partial charge in [-0.1, -0.05) is 30.3 Å². The molecule has 4 rings (SSSR count). The quantitative estimate of drug-likeness (QED) is 0.727. The molecule has 3 N–H and O–H groups in total. The monoisotopic (exact) mass is 360 g/mol. The molecule has 0 spiro atoms. The molecule has 2 aromatic carbocycles. The number of hydrogen-bond acceptors (Lipinski definition) is 2. The number of aromatic amines is 1. The Balaban J connectivity index is 1.88. The number of nitrogens with two attached hydrogens (primary N) is 1. The van der Waals surface area contributed by atoms with Gasteiger partial charge in [0.05, 0.1) is 17.2 Å². The standard InChI is InChI=1S/C19H15F3N2O2/c20-19(21,22)11-5-3-4-10(8-11)16-17-13(9-15(24-16)18(25)26)12-6-1-2-7-14(12)23-17/h1-8,15-16,23-24H,9H2,(H,25,26)/t15-,16-/m1/s1. The third-order valence-electron chi connectivity index (χ3n) is 4.88. The van der Waals surface area contributed by atoms with Crippen LogP contribution in [0.5, 0.6) is 0 Å². The number of H-pyrrole nitrogens is 1. The van der Waals surface area contributed by atoms with Gasteiger partial charge in [-0.15, -0.1) is 0 Å². The van der Waals surface area contributed by atoms with E-state index in [0.717, 1.165) is 34.3 Å². The minimum Gasteiger partial charge on any atom is -0.544 e. The molecule has 0 radical (unpaired) electrons. The first-order valence-electron chi connectivity index (χ1n) is 8.17. The van der Waals surface area contributed by atoms with Crippen LogP contribution >= 0.6 is 0 Å². The van der Waals surface area contributed by atoms with E-state index in [-0.39, 0.29) is 6.42 Å². The molecular weight excluding hydrogens is 345 g/mol. The number of halogens is 3. The Kier molecular flexibility index (Phi) is 3.77. The zero-order chi connectivity index (χ0) is 18.5. The molecule has 4 nitrogen and oxygen atoms in total. The Morgan fingerprint density at radius 3 is 2.65 bits per heavy atom. The van der Waals surface area contributed by atoms with Crippen molar-refractivity contribution in [1.82, 2.24) is 4.98 Å². The van der Waals surface area contributed by atoms with E-state index in [2.05, 4.69) is 4.98 Å². The van der Waals surface area contributed by atoms with Crippen molar-refractivity contribution < 1.29 is 28.4 Å². The number of para-hydroxylation sites is 1. The molecule has 2 heterocycles. The van der Waals surface area contributed by atoms with Gasteiger partial charge in [0.2, 0.25) is 0 Å². The van der Waals surface area contributed by atoms with Crippen molar-refractivity contribution >= 4 is 16.9 Å². The molecule has 0 aliphatic carbocycles. The van der Waals surface area contributed by atoms with Gasteiger partial charge in [-0.2, -0.15) is 13.2 Å². The normalized spacial score (nSPS) is 20.1. The van der Waals surface area contributed by atoms with E-state index < -0.39 is 29.8 Å². The summed E-state index contributed by atoms with van der Waals surface area (Å²) in [5.41, 5.74) is 2.04. The van der Waals surface area contributed by atoms with E-state index in [9.17, 15) is 23.1 Å². The fourth-order valence-corrected chi connectivity index (χ4v) is 3.67. The van der Waals surface area contributed by atoms with Crippen LogP contribution in [0.25, 0.3) is 10.9 Å². The summed E-state index contributed by atoms with van der Waals surface area (Å²) in [6.07, 6.45) is -4.20. The molecule has 26 heavy (non-hydrogen) atoms. The SMILES string of the molecule is O=C([O-])[C@H]1Cc2c([nH]c3ccccc23)[C@@H](c2cccc(C(F)(F)F)c2)[NH2+]1. The number of alkyl halides is 3. The van der Waals surface area contributed by atoms with Crippen molar-refractivity contribution in [2.75, 3.05) is 0 Å². The lowest BCUT2D eigenvalue weighted by atomic mass is 9.90. The predicted molar refractivity (Wildman–Crippen MR) is 86.0 cm³/mol. The third-order valence-corrected chi connectivity index (χ3v) is 4.88. The van der Waals surface area contributed by atoms with Crippen LogP contribution in [-0.2, 0) is 17.4 Å². The van der Waals surface area contributed by atoms with Crippen LogP contribution in [-0.4, -0.2) is 17.0 Å². The molecule has 0 amide bonds. The van der Waals surface area contributed by atoms with Crippen LogP contribution < -0.4 is 10.4 Å². The number of rotatable bonds is 2. The van der Waals surface area contributed by atoms with Gasteiger partial charge in [-0.25, -0.2) is 0 Å². The largest absolute Gasteiger partial charge is 0.544 e. The van der Waals surface area contributed by atoms with Crippen molar-refractivity contribution in [3.63, 3.8) is 0 Å². The molecule has 0 bridgehead atoms. The van der Waals surface area contributed by atoms with E-state index >= 15 is 0 Å². The van der Waals surface area contributed by atoms with Crippen molar-refractivity contribution in [2.45, 2.75) is 24.7 Å². The van der Waals surface area contributed by atoms with Crippen LogP contribution in [0.15, 0.2) is 48.5 Å². The molecule has 0 saturated heterocycles. The summed E-state index contributed by atoms with van der Waals surface area (Å²) < 4.78 is 39.2. The lowest BCUT2D eigenvalue weighted by Crippen LogP contribution is -2.95. The summed E-state index contributed by atoms with van der Waals surface area (Å²) in [5, 5.41) is 13.9. The third kappa shape index (κ3) is 2.74. The Morgan fingerprint density at radius 2 is 1.92 bits per heavy atom. The lowest BCUT2D eigenvalue weighted by molar-refractivity contribution is -0.717. The Hall–Kier alpha value is -2.80. The topological polar surface area (TPSA) is 72.5 Å². The summed E-state index contributed by atoms with van der Waals surface area (Å²) in [5.74, 6) is -1.22. The highest BCUT2D eigenvalue weighted by atomic mass is 19.4. The maximum absolute atomic E-state index is 13.1. The van der Waals surface area contributed by atoms with Crippen molar-refractivity contribution in [3.8, 4) is 0 Å². The lowest BCUT2D eigenvalue weighted by Gasteiger charge is -2.29. The average Bonchev–Trinajstić information content (AvgIpc) is 2.99. The van der Waals surface area contributed by atoms with E-state index in [1.807, 2.05) is 24.3 Å². The first kappa shape index (κ1) is 16.7. The number of fused-ring (bicyclic) bond motifs is 3. The second-order valence-electron chi connectivity index (χ2n) is 6.49. The Labute approximate surface area is 146 Å². The summed E-state index contributed by atoms with van der Waals surface area (Å²) in [6, 6.07) is 11.0. The zero-order valence-electron chi connectivity index (χ0n) is 13.5. The highest BCUT2D eigenvalue weighted by Gasteiger charge is 2.36. The van der Waals surface area contributed by atoms with Crippen molar-refractivity contribution in [2.24, 2.45) is 0 Å². The number of carbonyl (C=O) groups excluding carboxylic acids is 1. The fourth-order valence-electron chi connectivity index (χ4n) is 3.67. The minimum absolute atomic E-state index is 0.261. The zero-order valence-corrected chi connectivity index (χ0v) is 13.5. The molecular formula is C19H15F3N2O2. The highest BCUT2D eigenvalue weighted by Crippen LogP contribution is 2.34. The second kappa shape index (κ2) is 5.88. The summed E-state index contributed by atoms with van der Waals surface area (Å²) in [6.45, 7) is 0. The van der Waals surface area contributed by atoms with Gasteiger partial charge in [0.15, 0.2) is 6.04 Å². The van der Waals surface area contributed by atoms with Crippen LogP contribution in [0.3, 0.4) is 0 Å². The number of quaternary nitrogens is 1. The molecule has 0 saturated carbocycles. The maximum Gasteiger partial charge on any atom is 0.416 e. The smallest absolute Gasteiger partial charge is 0.416 e. The van der Waals surface area contributed by atoms with Gasteiger partial charge in [0, 0.05) is 22.9 Å². The number of hydrogen-bond donors (Lipinski definition) is 2. The van der Waals surface area contributed by atoms with Crippen LogP contribution in [0, 0.1) is 0 Å². The molecule has 0 unspecified atom stereocenters. The van der Waals surface area contributed by atoms with Gasteiger partial charge >= 0.3 is 6.18 Å². The summed E-state index contributed by atoms with van der Waals surface area (Å²) in [7, 11) is 0. The second-order valence-corrected chi connectivity index (χ2v) is 6.49. The number of nitrogens with one attached hydrogen (secondary N) is 1. The van der Waals surface area contributed by atoms with Gasteiger partial charge in [0.25, 0.3) is 0 Å². The van der Waals surface area contributed by atoms with Gasteiger partial charge in [-0.05, 0) is 23.8 Å². The molecule has 3 aromatic rings. The molecule has 134 valence electrons. The molecule has 1 aliphatic heterocycles. The average molecular weight is 360 g/mol. The number of carbonyl (C=O) groups is 1. The number of carboxylic acid groups (broad SMARTS) is 1. The summed E-state index contributed by atoms with van der Waals surface area (Å²) >= 11 is 0. The molecule has 2 atom stereocenters. The fraction of sp³-hybridized carbons (Fsp3) is 0.211. The minimum atomic E-state index is -4.46. The maximum atomic E-state index is 13.1. The van der Waals surface area contributed by atoms with E-state index in [1.165, 1.54) is 6.07 Å². The molecule has 7 heteroatoms. The Morgan fingerprint density at radius 1 is 1.15 bits per heavy atom. The van der Waals surface area contributed by atoms with Gasteiger partial charge in [-0.3, -0.25) is 0 Å². The van der Waals surface area contributed by atoms with E-state index in [1.54, 1.807) is 11.4 Å². The Bertz CT molecular complexity index is 994. The van der Waals surface area contributed by atoms with E-state index in [4.69, 9.17) is 0 Å². The van der Waals surface area contributed by atoms with Crippen LogP contribution in [0.4, 0.5) is 13.2 Å².